The normalized spacial score (nSPS) is 15.1. The summed E-state index contributed by atoms with van der Waals surface area (Å²) in [5, 5.41) is 2.90. The Morgan fingerprint density at radius 1 is 1.13 bits per heavy atom. The number of amides is 1. The molecule has 2 aromatic carbocycles. The molecule has 0 atom stereocenters. The Bertz CT molecular complexity index is 919. The minimum Gasteiger partial charge on any atom is -0.490 e. The number of hydrogen-bond donors (Lipinski definition) is 1. The van der Waals surface area contributed by atoms with E-state index in [1.54, 1.807) is 43.3 Å². The number of rotatable bonds is 7. The lowest BCUT2D eigenvalue weighted by Gasteiger charge is -2.29. The van der Waals surface area contributed by atoms with Gasteiger partial charge < -0.3 is 14.8 Å². The zero-order valence-electron chi connectivity index (χ0n) is 17.7. The fraction of sp³-hybridized carbons (Fsp3) is 0.417. The number of hydrogen-bond acceptors (Lipinski definition) is 4. The fourth-order valence-corrected chi connectivity index (χ4v) is 4.03. The number of carbonyl (C=O) groups is 2. The predicted octanol–water partition coefficient (Wildman–Crippen LogP) is 5.24. The topological polar surface area (TPSA) is 64.6 Å². The monoisotopic (exact) mass is 413 g/mol. The predicted molar refractivity (Wildman–Crippen MR) is 113 cm³/mol. The van der Waals surface area contributed by atoms with Crippen molar-refractivity contribution in [2.45, 2.75) is 58.0 Å². The summed E-state index contributed by atoms with van der Waals surface area (Å²) in [5.74, 6) is -0.764. The molecule has 0 bridgehead atoms. The van der Waals surface area contributed by atoms with Crippen molar-refractivity contribution >= 4 is 17.6 Å². The summed E-state index contributed by atoms with van der Waals surface area (Å²) < 4.78 is 25.4. The Morgan fingerprint density at radius 2 is 1.83 bits per heavy atom. The summed E-state index contributed by atoms with van der Waals surface area (Å²) in [6, 6.07) is 11.3. The van der Waals surface area contributed by atoms with E-state index in [1.165, 1.54) is 6.07 Å². The second-order valence-corrected chi connectivity index (χ2v) is 7.82. The van der Waals surface area contributed by atoms with Gasteiger partial charge in [0.2, 0.25) is 5.91 Å². The van der Waals surface area contributed by atoms with Gasteiger partial charge in [0.15, 0.2) is 0 Å². The van der Waals surface area contributed by atoms with Gasteiger partial charge >= 0.3 is 5.97 Å². The average molecular weight is 413 g/mol. The van der Waals surface area contributed by atoms with E-state index in [9.17, 15) is 14.0 Å². The summed E-state index contributed by atoms with van der Waals surface area (Å²) in [7, 11) is 0. The third kappa shape index (κ3) is 4.48. The quantitative estimate of drug-likeness (QED) is 0.631. The van der Waals surface area contributed by atoms with E-state index in [1.807, 2.05) is 13.8 Å². The van der Waals surface area contributed by atoms with Crippen molar-refractivity contribution in [2.24, 2.45) is 0 Å². The number of benzene rings is 2. The molecule has 1 aliphatic rings. The molecule has 1 aliphatic carbocycles. The minimum absolute atomic E-state index is 0.124. The van der Waals surface area contributed by atoms with Crippen LogP contribution in [0, 0.1) is 5.82 Å². The molecule has 160 valence electrons. The second kappa shape index (κ2) is 9.28. The number of anilines is 1. The van der Waals surface area contributed by atoms with Gasteiger partial charge in [-0.2, -0.15) is 0 Å². The van der Waals surface area contributed by atoms with Gasteiger partial charge in [0.05, 0.1) is 18.1 Å². The molecule has 0 unspecified atom stereocenters. The molecule has 0 heterocycles. The number of ether oxygens (including phenoxy) is 2. The van der Waals surface area contributed by atoms with Gasteiger partial charge in [-0.05, 0) is 57.9 Å². The van der Waals surface area contributed by atoms with E-state index in [4.69, 9.17) is 9.47 Å². The lowest BCUT2D eigenvalue weighted by molar-refractivity contribution is -0.121. The van der Waals surface area contributed by atoms with Crippen LogP contribution in [0.25, 0.3) is 0 Å². The van der Waals surface area contributed by atoms with Crippen LogP contribution in [-0.4, -0.2) is 24.6 Å². The molecule has 30 heavy (non-hydrogen) atoms. The lowest BCUT2D eigenvalue weighted by atomic mass is 9.77. The van der Waals surface area contributed by atoms with Crippen molar-refractivity contribution in [3.05, 3.63) is 59.4 Å². The molecule has 0 radical (unpaired) electrons. The van der Waals surface area contributed by atoms with Crippen LogP contribution < -0.4 is 10.1 Å². The van der Waals surface area contributed by atoms with E-state index in [0.29, 0.717) is 29.8 Å². The zero-order chi connectivity index (χ0) is 21.7. The maximum Gasteiger partial charge on any atom is 0.341 e. The van der Waals surface area contributed by atoms with Gasteiger partial charge in [0.25, 0.3) is 0 Å². The van der Waals surface area contributed by atoms with Gasteiger partial charge in [-0.1, -0.05) is 31.0 Å². The van der Waals surface area contributed by atoms with Crippen LogP contribution in [0.4, 0.5) is 10.1 Å². The Morgan fingerprint density at radius 3 is 2.47 bits per heavy atom. The van der Waals surface area contributed by atoms with Crippen LogP contribution in [0.1, 0.15) is 62.4 Å². The van der Waals surface area contributed by atoms with Crippen molar-refractivity contribution < 1.29 is 23.5 Å². The van der Waals surface area contributed by atoms with Crippen LogP contribution >= 0.6 is 0 Å². The molecule has 6 heteroatoms. The molecular formula is C24H28FNO4. The molecular weight excluding hydrogens is 385 g/mol. The maximum atomic E-state index is 14.6. The molecule has 0 spiro atoms. The zero-order valence-corrected chi connectivity index (χ0v) is 17.7. The first-order chi connectivity index (χ1) is 14.4. The van der Waals surface area contributed by atoms with Crippen molar-refractivity contribution in [1.82, 2.24) is 0 Å². The molecule has 1 fully saturated rings. The first-order valence-corrected chi connectivity index (χ1v) is 10.4. The highest BCUT2D eigenvalue weighted by atomic mass is 19.1. The van der Waals surface area contributed by atoms with E-state index in [0.717, 1.165) is 12.8 Å². The summed E-state index contributed by atoms with van der Waals surface area (Å²) in [5.41, 5.74) is 0.199. The average Bonchev–Trinajstić information content (AvgIpc) is 3.20. The molecule has 1 N–H and O–H groups in total. The molecule has 1 amide bonds. The van der Waals surface area contributed by atoms with Crippen LogP contribution in [0.5, 0.6) is 5.75 Å². The largest absolute Gasteiger partial charge is 0.490 e. The van der Waals surface area contributed by atoms with E-state index >= 15 is 0 Å². The minimum atomic E-state index is -0.914. The van der Waals surface area contributed by atoms with Gasteiger partial charge in [-0.15, -0.1) is 0 Å². The molecule has 0 saturated heterocycles. The number of halogens is 1. The number of esters is 1. The molecule has 1 saturated carbocycles. The Hall–Kier alpha value is -2.89. The summed E-state index contributed by atoms with van der Waals surface area (Å²) in [4.78, 5) is 25.7. The fourth-order valence-electron chi connectivity index (χ4n) is 4.03. The highest BCUT2D eigenvalue weighted by Gasteiger charge is 2.44. The smallest absolute Gasteiger partial charge is 0.341 e. The number of carbonyl (C=O) groups excluding carboxylic acids is 2. The molecule has 3 rings (SSSR count). The van der Waals surface area contributed by atoms with E-state index in [2.05, 4.69) is 5.32 Å². The van der Waals surface area contributed by atoms with Gasteiger partial charge in [0, 0.05) is 11.3 Å². The van der Waals surface area contributed by atoms with Crippen LogP contribution in [0.3, 0.4) is 0 Å². The Balaban J connectivity index is 1.92. The first kappa shape index (κ1) is 21.8. The standard InChI is InChI=1S/C24H28FNO4/c1-4-29-22(27)18-15-17(11-12-21(18)30-16(2)3)26-23(28)24(13-7-8-14-24)19-9-5-6-10-20(19)25/h5-6,9-12,15-16H,4,7-8,13-14H2,1-3H3,(H,26,28). The Labute approximate surface area is 176 Å². The maximum absolute atomic E-state index is 14.6. The van der Waals surface area contributed by atoms with Crippen LogP contribution in [0.2, 0.25) is 0 Å². The third-order valence-electron chi connectivity index (χ3n) is 5.38. The van der Waals surface area contributed by atoms with Crippen molar-refractivity contribution in [3.63, 3.8) is 0 Å². The number of nitrogens with one attached hydrogen (secondary N) is 1. The third-order valence-corrected chi connectivity index (χ3v) is 5.38. The molecule has 2 aromatic rings. The highest BCUT2D eigenvalue weighted by Crippen LogP contribution is 2.43. The Kier molecular flexibility index (Phi) is 6.75. The summed E-state index contributed by atoms with van der Waals surface area (Å²) >= 11 is 0. The first-order valence-electron chi connectivity index (χ1n) is 10.4. The molecule has 0 aromatic heterocycles. The van der Waals surface area contributed by atoms with Gasteiger partial charge in [-0.25, -0.2) is 9.18 Å². The van der Waals surface area contributed by atoms with Crippen molar-refractivity contribution in [1.29, 1.82) is 0 Å². The van der Waals surface area contributed by atoms with Crippen molar-refractivity contribution in [2.75, 3.05) is 11.9 Å². The van der Waals surface area contributed by atoms with Gasteiger partial charge in [-0.3, -0.25) is 4.79 Å². The van der Waals surface area contributed by atoms with Crippen LogP contribution in [-0.2, 0) is 14.9 Å². The second-order valence-electron chi connectivity index (χ2n) is 7.82. The van der Waals surface area contributed by atoms with Crippen molar-refractivity contribution in [3.8, 4) is 5.75 Å². The summed E-state index contributed by atoms with van der Waals surface area (Å²) in [6.07, 6.45) is 2.76. The lowest BCUT2D eigenvalue weighted by Crippen LogP contribution is -2.38. The van der Waals surface area contributed by atoms with E-state index < -0.39 is 11.4 Å². The van der Waals surface area contributed by atoms with Gasteiger partial charge in [0.1, 0.15) is 17.1 Å². The van der Waals surface area contributed by atoms with E-state index in [-0.39, 0.29) is 30.0 Å². The van der Waals surface area contributed by atoms with Crippen LogP contribution in [0.15, 0.2) is 42.5 Å². The summed E-state index contributed by atoms with van der Waals surface area (Å²) in [6.45, 7) is 5.68. The highest BCUT2D eigenvalue weighted by molar-refractivity contribution is 6.01. The SMILES string of the molecule is CCOC(=O)c1cc(NC(=O)C2(c3ccccc3F)CCCC2)ccc1OC(C)C. The molecule has 5 nitrogen and oxygen atoms in total. The molecule has 0 aliphatic heterocycles.